The average Bonchev–Trinajstić information content (AvgIpc) is 3.28. The van der Waals surface area contributed by atoms with E-state index in [4.69, 9.17) is 5.73 Å². The van der Waals surface area contributed by atoms with Crippen LogP contribution in [-0.4, -0.2) is 78.5 Å². The minimum absolute atomic E-state index is 0.0304. The lowest BCUT2D eigenvalue weighted by atomic mass is 9.93. The number of rotatable bonds is 6. The molecule has 1 fully saturated rings. The van der Waals surface area contributed by atoms with Crippen LogP contribution in [0.1, 0.15) is 48.4 Å². The van der Waals surface area contributed by atoms with E-state index in [1.165, 1.54) is 42.7 Å². The molecular formula is C25H28F3N7O4. The van der Waals surface area contributed by atoms with Crippen molar-refractivity contribution in [3.8, 4) is 0 Å². The summed E-state index contributed by atoms with van der Waals surface area (Å²) in [6, 6.07) is 6.12. The molecule has 2 aromatic heterocycles. The van der Waals surface area contributed by atoms with Crippen molar-refractivity contribution in [1.29, 1.82) is 0 Å². The van der Waals surface area contributed by atoms with E-state index in [-0.39, 0.29) is 30.3 Å². The van der Waals surface area contributed by atoms with Crippen molar-refractivity contribution in [1.82, 2.24) is 29.7 Å². The molecule has 11 nitrogen and oxygen atoms in total. The van der Waals surface area contributed by atoms with Crippen molar-refractivity contribution in [2.75, 3.05) is 25.4 Å². The summed E-state index contributed by atoms with van der Waals surface area (Å²) < 4.78 is 43.1. The van der Waals surface area contributed by atoms with Gasteiger partial charge in [0.15, 0.2) is 5.82 Å². The highest BCUT2D eigenvalue weighted by atomic mass is 19.4. The lowest BCUT2D eigenvalue weighted by Gasteiger charge is -2.49. The molecule has 0 saturated carbocycles. The number of halogens is 3. The SMILES string of the molecule is CC(=O)N1CCN(C(CO)C(NC(=O)c2ccccc2)c2cc(C(F)(F)F)c3c(N)ncnn23)C(=O)C1(C)C. The number of alkyl halides is 3. The van der Waals surface area contributed by atoms with Crippen molar-refractivity contribution in [2.45, 2.75) is 44.6 Å². The van der Waals surface area contributed by atoms with Crippen LogP contribution in [0.5, 0.6) is 0 Å². The summed E-state index contributed by atoms with van der Waals surface area (Å²) in [6.45, 7) is 3.76. The second kappa shape index (κ2) is 10.2. The number of fused-ring (bicyclic) bond motifs is 1. The predicted molar refractivity (Wildman–Crippen MR) is 133 cm³/mol. The summed E-state index contributed by atoms with van der Waals surface area (Å²) in [5, 5.41) is 17.2. The number of piperazine rings is 1. The maximum Gasteiger partial charge on any atom is 0.418 e. The number of anilines is 1. The van der Waals surface area contributed by atoms with Crippen LogP contribution in [0.3, 0.4) is 0 Å². The number of nitrogens with one attached hydrogen (secondary N) is 1. The zero-order valence-corrected chi connectivity index (χ0v) is 21.4. The van der Waals surface area contributed by atoms with Gasteiger partial charge in [0, 0.05) is 25.6 Å². The zero-order valence-electron chi connectivity index (χ0n) is 21.4. The van der Waals surface area contributed by atoms with Crippen LogP contribution in [0.15, 0.2) is 42.7 Å². The number of hydrogen-bond donors (Lipinski definition) is 3. The molecule has 1 aliphatic rings. The molecule has 0 aliphatic carbocycles. The minimum Gasteiger partial charge on any atom is -0.394 e. The maximum absolute atomic E-state index is 14.1. The first-order chi connectivity index (χ1) is 18.3. The molecule has 39 heavy (non-hydrogen) atoms. The molecule has 14 heteroatoms. The van der Waals surface area contributed by atoms with Gasteiger partial charge < -0.3 is 26.0 Å². The van der Waals surface area contributed by atoms with E-state index in [9.17, 15) is 32.7 Å². The quantitative estimate of drug-likeness (QED) is 0.425. The number of aliphatic hydroxyl groups excluding tert-OH is 1. The Bertz CT molecular complexity index is 1410. The Morgan fingerprint density at radius 2 is 1.87 bits per heavy atom. The summed E-state index contributed by atoms with van der Waals surface area (Å²) in [6.07, 6.45) is -3.88. The second-order valence-electron chi connectivity index (χ2n) is 9.68. The van der Waals surface area contributed by atoms with E-state index in [1.54, 1.807) is 18.2 Å². The third-order valence-electron chi connectivity index (χ3n) is 6.93. The van der Waals surface area contributed by atoms with E-state index in [0.29, 0.717) is 0 Å². The fourth-order valence-corrected chi connectivity index (χ4v) is 5.02. The molecule has 2 unspecified atom stereocenters. The topological polar surface area (TPSA) is 146 Å². The molecule has 3 aromatic rings. The third kappa shape index (κ3) is 4.99. The average molecular weight is 548 g/mol. The Kier molecular flexibility index (Phi) is 7.25. The molecule has 2 atom stereocenters. The maximum atomic E-state index is 14.1. The molecule has 3 heterocycles. The molecule has 0 radical (unpaired) electrons. The van der Waals surface area contributed by atoms with Gasteiger partial charge in [-0.15, -0.1) is 0 Å². The Balaban J connectivity index is 1.88. The van der Waals surface area contributed by atoms with Gasteiger partial charge in [0.05, 0.1) is 29.9 Å². The van der Waals surface area contributed by atoms with Crippen LogP contribution in [0.2, 0.25) is 0 Å². The van der Waals surface area contributed by atoms with Gasteiger partial charge in [0.2, 0.25) is 11.8 Å². The first kappa shape index (κ1) is 27.8. The smallest absolute Gasteiger partial charge is 0.394 e. The van der Waals surface area contributed by atoms with Crippen LogP contribution < -0.4 is 11.1 Å². The summed E-state index contributed by atoms with van der Waals surface area (Å²) >= 11 is 0. The molecule has 1 aromatic carbocycles. The van der Waals surface area contributed by atoms with E-state index in [0.717, 1.165) is 16.9 Å². The van der Waals surface area contributed by atoms with Crippen molar-refractivity contribution in [2.24, 2.45) is 0 Å². The number of carbonyl (C=O) groups is 3. The van der Waals surface area contributed by atoms with Crippen LogP contribution in [0, 0.1) is 0 Å². The molecule has 208 valence electrons. The van der Waals surface area contributed by atoms with Gasteiger partial charge in [-0.05, 0) is 32.0 Å². The lowest BCUT2D eigenvalue weighted by Crippen LogP contribution is -2.67. The number of benzene rings is 1. The van der Waals surface area contributed by atoms with Crippen molar-refractivity contribution in [3.05, 3.63) is 59.5 Å². The van der Waals surface area contributed by atoms with Gasteiger partial charge in [-0.2, -0.15) is 18.3 Å². The van der Waals surface area contributed by atoms with Crippen LogP contribution in [0.4, 0.5) is 19.0 Å². The summed E-state index contributed by atoms with van der Waals surface area (Å²) in [7, 11) is 0. The van der Waals surface area contributed by atoms with E-state index in [1.807, 2.05) is 0 Å². The molecular weight excluding hydrogens is 519 g/mol. The summed E-state index contributed by atoms with van der Waals surface area (Å²) in [5.41, 5.74) is 2.86. The van der Waals surface area contributed by atoms with Crippen LogP contribution in [-0.2, 0) is 15.8 Å². The number of carbonyl (C=O) groups excluding carboxylic acids is 3. The van der Waals surface area contributed by atoms with Gasteiger partial charge in [-0.3, -0.25) is 14.4 Å². The van der Waals surface area contributed by atoms with Crippen LogP contribution >= 0.6 is 0 Å². The third-order valence-corrected chi connectivity index (χ3v) is 6.93. The van der Waals surface area contributed by atoms with Crippen molar-refractivity contribution < 1.29 is 32.7 Å². The van der Waals surface area contributed by atoms with Crippen molar-refractivity contribution >= 4 is 29.1 Å². The molecule has 1 saturated heterocycles. The highest BCUT2D eigenvalue weighted by Crippen LogP contribution is 2.39. The molecule has 0 spiro atoms. The van der Waals surface area contributed by atoms with E-state index < -0.39 is 59.1 Å². The van der Waals surface area contributed by atoms with Gasteiger partial charge in [0.25, 0.3) is 5.91 Å². The monoisotopic (exact) mass is 547 g/mol. The summed E-state index contributed by atoms with van der Waals surface area (Å²) in [5.74, 6) is -1.97. The number of nitrogens with two attached hydrogens (primary N) is 1. The molecule has 4 rings (SSSR count). The standard InChI is InChI=1S/C25H28F3N7O4/c1-14(37)34-10-9-33(23(39)24(34,2)3)18(12-36)19(32-22(38)15-7-5-4-6-8-15)17-11-16(25(26,27)28)20-21(29)30-13-31-35(17)20/h4-8,11,13,18-19,36H,9-10,12H2,1-3H3,(H,32,38)(H2,29,30,31). The Morgan fingerprint density at radius 3 is 2.46 bits per heavy atom. The molecule has 1 aliphatic heterocycles. The number of amides is 3. The van der Waals surface area contributed by atoms with Crippen LogP contribution in [0.25, 0.3) is 5.52 Å². The lowest BCUT2D eigenvalue weighted by molar-refractivity contribution is -0.161. The van der Waals surface area contributed by atoms with E-state index in [2.05, 4.69) is 15.4 Å². The number of aliphatic hydroxyl groups is 1. The summed E-state index contributed by atoms with van der Waals surface area (Å²) in [4.78, 5) is 45.3. The Hall–Kier alpha value is -4.20. The Morgan fingerprint density at radius 1 is 1.21 bits per heavy atom. The van der Waals surface area contributed by atoms with E-state index >= 15 is 0 Å². The fraction of sp³-hybridized carbons (Fsp3) is 0.400. The molecule has 0 bridgehead atoms. The zero-order chi connectivity index (χ0) is 28.7. The predicted octanol–water partition coefficient (Wildman–Crippen LogP) is 1.63. The second-order valence-corrected chi connectivity index (χ2v) is 9.68. The van der Waals surface area contributed by atoms with Gasteiger partial charge in [-0.1, -0.05) is 18.2 Å². The van der Waals surface area contributed by atoms with Gasteiger partial charge in [0.1, 0.15) is 17.4 Å². The minimum atomic E-state index is -4.85. The first-order valence-corrected chi connectivity index (χ1v) is 12.0. The molecule has 3 amide bonds. The largest absolute Gasteiger partial charge is 0.418 e. The number of hydrogen-bond acceptors (Lipinski definition) is 7. The number of nitrogens with zero attached hydrogens (tertiary/aromatic N) is 5. The number of aromatic nitrogens is 3. The Labute approximate surface area is 221 Å². The molecule has 4 N–H and O–H groups in total. The van der Waals surface area contributed by atoms with Gasteiger partial charge >= 0.3 is 6.18 Å². The van der Waals surface area contributed by atoms with Gasteiger partial charge in [-0.25, -0.2) is 9.50 Å². The van der Waals surface area contributed by atoms with Crippen molar-refractivity contribution in [3.63, 3.8) is 0 Å². The normalized spacial score (nSPS) is 17.3. The number of nitrogen functional groups attached to an aromatic ring is 1. The highest BCUT2D eigenvalue weighted by Gasteiger charge is 2.48. The first-order valence-electron chi connectivity index (χ1n) is 12.0. The highest BCUT2D eigenvalue weighted by molar-refractivity contribution is 5.95. The fourth-order valence-electron chi connectivity index (χ4n) is 5.02.